The normalized spacial score (nSPS) is 23.3. The second-order valence-electron chi connectivity index (χ2n) is 6.43. The molecular weight excluding hydrogens is 374 g/mol. The number of amidine groups is 1. The van der Waals surface area contributed by atoms with Crippen LogP contribution in [0.5, 0.6) is 0 Å². The lowest BCUT2D eigenvalue weighted by molar-refractivity contribution is -0.120. The number of methoxy groups -OCH3 is 1. The molecule has 2 atom stereocenters. The Bertz CT molecular complexity index is 778. The first-order chi connectivity index (χ1) is 12.4. The number of rotatable bonds is 7. The fourth-order valence-corrected chi connectivity index (χ4v) is 6.61. The Hall–Kier alpha value is -1.58. The van der Waals surface area contributed by atoms with Crippen LogP contribution in [0.15, 0.2) is 29.3 Å². The summed E-state index contributed by atoms with van der Waals surface area (Å²) in [5, 5.41) is 6.89. The summed E-state index contributed by atoms with van der Waals surface area (Å²) in [6, 6.07) is 7.49. The molecule has 2 N–H and O–H groups in total. The van der Waals surface area contributed by atoms with Crippen LogP contribution in [0.4, 0.5) is 5.69 Å². The minimum Gasteiger partial charge on any atom is -0.385 e. The Morgan fingerprint density at radius 3 is 2.77 bits per heavy atom. The van der Waals surface area contributed by atoms with E-state index in [0.29, 0.717) is 19.6 Å². The summed E-state index contributed by atoms with van der Waals surface area (Å²) in [5.41, 5.74) is 1.81. The number of benzene rings is 1. The molecule has 1 fully saturated rings. The molecular formula is C17H23N3O4S2. The summed E-state index contributed by atoms with van der Waals surface area (Å²) in [7, 11) is -1.29. The minimum absolute atomic E-state index is 0.00781. The largest absolute Gasteiger partial charge is 0.385 e. The number of ether oxygens (including phenoxy) is 1. The molecule has 2 aliphatic heterocycles. The van der Waals surface area contributed by atoms with Gasteiger partial charge in [-0.25, -0.2) is 8.42 Å². The van der Waals surface area contributed by atoms with Crippen LogP contribution >= 0.6 is 11.8 Å². The highest BCUT2D eigenvalue weighted by molar-refractivity contribution is 8.15. The number of anilines is 1. The monoisotopic (exact) mass is 397 g/mol. The number of hydrogen-bond acceptors (Lipinski definition) is 7. The molecule has 0 aliphatic carbocycles. The van der Waals surface area contributed by atoms with E-state index in [1.807, 2.05) is 24.3 Å². The van der Waals surface area contributed by atoms with E-state index in [4.69, 9.17) is 4.74 Å². The lowest BCUT2D eigenvalue weighted by Gasteiger charge is -2.08. The van der Waals surface area contributed by atoms with E-state index in [9.17, 15) is 13.2 Å². The molecule has 9 heteroatoms. The summed E-state index contributed by atoms with van der Waals surface area (Å²) < 4.78 is 28.1. The first-order valence-corrected chi connectivity index (χ1v) is 11.2. The Kier molecular flexibility index (Phi) is 6.20. The van der Waals surface area contributed by atoms with Gasteiger partial charge in [0.1, 0.15) is 0 Å². The van der Waals surface area contributed by atoms with Crippen molar-refractivity contribution in [3.8, 4) is 0 Å². The molecule has 2 aliphatic rings. The Balaban J connectivity index is 1.47. The first-order valence-electron chi connectivity index (χ1n) is 8.52. The van der Waals surface area contributed by atoms with Crippen molar-refractivity contribution in [2.24, 2.45) is 4.99 Å². The van der Waals surface area contributed by atoms with Gasteiger partial charge in [0.25, 0.3) is 0 Å². The third kappa shape index (κ3) is 5.21. The zero-order valence-electron chi connectivity index (χ0n) is 14.6. The van der Waals surface area contributed by atoms with Crippen LogP contribution < -0.4 is 10.6 Å². The number of thioether (sulfide) groups is 1. The molecule has 0 aromatic heterocycles. The van der Waals surface area contributed by atoms with Gasteiger partial charge in [0.2, 0.25) is 5.91 Å². The van der Waals surface area contributed by atoms with Gasteiger partial charge < -0.3 is 15.4 Å². The van der Waals surface area contributed by atoms with E-state index < -0.39 is 9.84 Å². The maximum Gasteiger partial charge on any atom is 0.224 e. The van der Waals surface area contributed by atoms with Crippen molar-refractivity contribution in [1.82, 2.24) is 5.32 Å². The van der Waals surface area contributed by atoms with E-state index in [1.165, 1.54) is 11.8 Å². The van der Waals surface area contributed by atoms with Crippen molar-refractivity contribution >= 4 is 38.4 Å². The fraction of sp³-hybridized carbons (Fsp3) is 0.529. The van der Waals surface area contributed by atoms with Crippen molar-refractivity contribution in [1.29, 1.82) is 0 Å². The number of aliphatic imine (C=N–C) groups is 1. The number of nitrogens with one attached hydrogen (secondary N) is 2. The van der Waals surface area contributed by atoms with Gasteiger partial charge in [-0.2, -0.15) is 0 Å². The standard InChI is InChI=1S/C17H23N3O4S2/c1-24-8-2-7-18-16(21)9-12-3-5-13(6-4-12)19-17-20-14-10-26(22,23)11-15(14)25-17/h3-6,14-15H,2,7-11H2,1H3,(H,18,21)(H,19,20)/t14-,15+/m0/s1. The quantitative estimate of drug-likeness (QED) is 0.668. The molecule has 1 saturated heterocycles. The number of nitrogens with zero attached hydrogens (tertiary/aromatic N) is 1. The zero-order valence-corrected chi connectivity index (χ0v) is 16.2. The van der Waals surface area contributed by atoms with Gasteiger partial charge in [-0.3, -0.25) is 9.79 Å². The van der Waals surface area contributed by atoms with Crippen LogP contribution in [0.25, 0.3) is 0 Å². The highest BCUT2D eigenvalue weighted by Gasteiger charge is 2.42. The van der Waals surface area contributed by atoms with Crippen molar-refractivity contribution in [2.75, 3.05) is 37.1 Å². The lowest BCUT2D eigenvalue weighted by Crippen LogP contribution is -2.26. The minimum atomic E-state index is -2.93. The molecule has 0 unspecified atom stereocenters. The molecule has 3 rings (SSSR count). The second kappa shape index (κ2) is 8.41. The zero-order chi connectivity index (χ0) is 18.6. The van der Waals surface area contributed by atoms with Gasteiger partial charge in [-0.05, 0) is 24.1 Å². The second-order valence-corrected chi connectivity index (χ2v) is 9.81. The molecule has 0 bridgehead atoms. The SMILES string of the molecule is COCCCNC(=O)Cc1ccc(NC2=N[C@H]3CS(=O)(=O)C[C@H]3S2)cc1. The summed E-state index contributed by atoms with van der Waals surface area (Å²) in [5.74, 6) is 0.343. The summed E-state index contributed by atoms with van der Waals surface area (Å²) in [6.45, 7) is 1.25. The Labute approximate surface area is 157 Å². The third-order valence-corrected chi connectivity index (χ3v) is 7.38. The predicted molar refractivity (Wildman–Crippen MR) is 105 cm³/mol. The Morgan fingerprint density at radius 2 is 2.08 bits per heavy atom. The molecule has 0 radical (unpaired) electrons. The van der Waals surface area contributed by atoms with Gasteiger partial charge >= 0.3 is 0 Å². The van der Waals surface area contributed by atoms with E-state index in [-0.39, 0.29) is 28.7 Å². The smallest absolute Gasteiger partial charge is 0.224 e. The van der Waals surface area contributed by atoms with Crippen molar-refractivity contribution in [3.63, 3.8) is 0 Å². The maximum absolute atomic E-state index is 11.9. The first kappa shape index (κ1) is 19.2. The van der Waals surface area contributed by atoms with Gasteiger partial charge in [0.05, 0.1) is 24.0 Å². The number of sulfone groups is 1. The van der Waals surface area contributed by atoms with Gasteiger partial charge in [-0.1, -0.05) is 23.9 Å². The molecule has 0 saturated carbocycles. The summed E-state index contributed by atoms with van der Waals surface area (Å²) in [4.78, 5) is 16.3. The third-order valence-electron chi connectivity index (χ3n) is 4.24. The molecule has 26 heavy (non-hydrogen) atoms. The molecule has 1 amide bonds. The maximum atomic E-state index is 11.9. The van der Waals surface area contributed by atoms with Crippen LogP contribution in [0.2, 0.25) is 0 Å². The topological polar surface area (TPSA) is 96.9 Å². The van der Waals surface area contributed by atoms with Crippen molar-refractivity contribution < 1.29 is 17.9 Å². The molecule has 0 spiro atoms. The average molecular weight is 398 g/mol. The van der Waals surface area contributed by atoms with E-state index in [0.717, 1.165) is 22.8 Å². The highest BCUT2D eigenvalue weighted by atomic mass is 32.2. The molecule has 7 nitrogen and oxygen atoms in total. The number of amides is 1. The summed E-state index contributed by atoms with van der Waals surface area (Å²) >= 11 is 1.49. The molecule has 1 aromatic rings. The van der Waals surface area contributed by atoms with Crippen LogP contribution in [-0.2, 0) is 25.8 Å². The fourth-order valence-electron chi connectivity index (χ4n) is 2.94. The predicted octanol–water partition coefficient (Wildman–Crippen LogP) is 1.06. The van der Waals surface area contributed by atoms with Crippen LogP contribution in [0.3, 0.4) is 0 Å². The van der Waals surface area contributed by atoms with Crippen molar-refractivity contribution in [2.45, 2.75) is 24.1 Å². The number of carbonyl (C=O) groups excluding carboxylic acids is 1. The van der Waals surface area contributed by atoms with E-state index in [1.54, 1.807) is 7.11 Å². The van der Waals surface area contributed by atoms with E-state index >= 15 is 0 Å². The van der Waals surface area contributed by atoms with Crippen LogP contribution in [-0.4, -0.2) is 62.6 Å². The number of carbonyl (C=O) groups is 1. The van der Waals surface area contributed by atoms with E-state index in [2.05, 4.69) is 15.6 Å². The van der Waals surface area contributed by atoms with Crippen LogP contribution in [0.1, 0.15) is 12.0 Å². The molecule has 2 heterocycles. The molecule has 142 valence electrons. The number of fused-ring (bicyclic) bond motifs is 1. The summed E-state index contributed by atoms with van der Waals surface area (Å²) in [6.07, 6.45) is 1.14. The van der Waals surface area contributed by atoms with Gasteiger partial charge in [0, 0.05) is 31.2 Å². The van der Waals surface area contributed by atoms with Gasteiger partial charge in [-0.15, -0.1) is 0 Å². The highest BCUT2D eigenvalue weighted by Crippen LogP contribution is 2.34. The van der Waals surface area contributed by atoms with Gasteiger partial charge in [0.15, 0.2) is 15.0 Å². The van der Waals surface area contributed by atoms with Crippen LogP contribution in [0, 0.1) is 0 Å². The molecule has 1 aromatic carbocycles. The Morgan fingerprint density at radius 1 is 1.31 bits per heavy atom. The number of hydrogen-bond donors (Lipinski definition) is 2. The average Bonchev–Trinajstić information content (AvgIpc) is 3.06. The van der Waals surface area contributed by atoms with Crippen molar-refractivity contribution in [3.05, 3.63) is 29.8 Å². The lowest BCUT2D eigenvalue weighted by atomic mass is 10.1.